The monoisotopic (exact) mass is 476 g/mol. The van der Waals surface area contributed by atoms with Crippen LogP contribution >= 0.6 is 0 Å². The molecule has 6 saturated carbocycles. The van der Waals surface area contributed by atoms with Gasteiger partial charge in [0.1, 0.15) is 17.0 Å². The Morgan fingerprint density at radius 1 is 1.40 bits per heavy atom. The maximum absolute atomic E-state index is 14.0. The summed E-state index contributed by atoms with van der Waals surface area (Å²) in [4.78, 5) is 24.4. The van der Waals surface area contributed by atoms with Gasteiger partial charge in [0.2, 0.25) is 0 Å². The lowest BCUT2D eigenvalue weighted by Gasteiger charge is -2.67. The largest absolute Gasteiger partial charge is 0.481 e. The number of ether oxygens (including phenoxy) is 1. The molecule has 0 amide bonds. The molecular weight excluding hydrogens is 451 g/mol. The summed E-state index contributed by atoms with van der Waals surface area (Å²) in [5, 5.41) is 19.1. The highest BCUT2D eigenvalue weighted by Gasteiger charge is 2.66. The number of hydrogen-bond donors (Lipinski definition) is 3. The molecule has 4 aromatic heterocycles. The molecule has 3 bridgehead atoms. The molecule has 6 fully saturated rings. The summed E-state index contributed by atoms with van der Waals surface area (Å²) in [5.74, 6) is 0.0895. The van der Waals surface area contributed by atoms with Gasteiger partial charge in [0.05, 0.1) is 24.4 Å². The second kappa shape index (κ2) is 7.24. The first-order valence-electron chi connectivity index (χ1n) is 12.0. The molecule has 10 heteroatoms. The van der Waals surface area contributed by atoms with Crippen LogP contribution in [0.15, 0.2) is 30.6 Å². The fourth-order valence-corrected chi connectivity index (χ4v) is 7.10. The summed E-state index contributed by atoms with van der Waals surface area (Å²) in [5.41, 5.74) is 2.75. The number of carboxylic acid groups (broad SMARTS) is 1. The maximum atomic E-state index is 14.0. The van der Waals surface area contributed by atoms with Crippen molar-refractivity contribution in [2.75, 3.05) is 12.4 Å². The lowest BCUT2D eigenvalue weighted by Crippen LogP contribution is -2.68. The van der Waals surface area contributed by atoms with Crippen molar-refractivity contribution in [3.8, 4) is 11.4 Å². The van der Waals surface area contributed by atoms with Crippen LogP contribution in [0.5, 0.6) is 0 Å². The van der Waals surface area contributed by atoms with Gasteiger partial charge in [0.25, 0.3) is 0 Å². The summed E-state index contributed by atoms with van der Waals surface area (Å²) in [6.45, 7) is 0.350. The Morgan fingerprint density at radius 3 is 3.00 bits per heavy atom. The Hall–Kier alpha value is -3.53. The van der Waals surface area contributed by atoms with Gasteiger partial charge in [-0.15, -0.1) is 5.10 Å². The van der Waals surface area contributed by atoms with E-state index in [0.717, 1.165) is 43.1 Å². The molecule has 35 heavy (non-hydrogen) atoms. The van der Waals surface area contributed by atoms with Gasteiger partial charge in [-0.2, -0.15) is 0 Å². The van der Waals surface area contributed by atoms with Crippen molar-refractivity contribution >= 4 is 28.3 Å². The maximum Gasteiger partial charge on any atom is 0.308 e. The molecule has 0 unspecified atom stereocenters. The SMILES string of the molecule is COCc1ccc2c(N[C@@H]3[C@@H](C(=O)O)[C@H]4CCC35CC4C5)nc(-c3c[nH]c4ncc(F)cc34)nn12. The summed E-state index contributed by atoms with van der Waals surface area (Å²) in [7, 11) is 1.62. The van der Waals surface area contributed by atoms with Gasteiger partial charge in [-0.05, 0) is 61.1 Å². The lowest BCUT2D eigenvalue weighted by molar-refractivity contribution is -0.182. The predicted octanol–water partition coefficient (Wildman–Crippen LogP) is 3.86. The predicted molar refractivity (Wildman–Crippen MR) is 125 cm³/mol. The van der Waals surface area contributed by atoms with Crippen molar-refractivity contribution in [3.05, 3.63) is 42.1 Å². The highest BCUT2D eigenvalue weighted by atomic mass is 19.1. The number of hydrogen-bond acceptors (Lipinski definition) is 6. The minimum Gasteiger partial charge on any atom is -0.481 e. The first kappa shape index (κ1) is 20.8. The number of fused-ring (bicyclic) bond motifs is 2. The van der Waals surface area contributed by atoms with Gasteiger partial charge >= 0.3 is 5.97 Å². The van der Waals surface area contributed by atoms with E-state index in [1.165, 1.54) is 6.07 Å². The number of nitrogens with one attached hydrogen (secondary N) is 2. The number of carbonyl (C=O) groups is 1. The van der Waals surface area contributed by atoms with E-state index < -0.39 is 17.7 Å². The molecule has 4 aromatic rings. The molecule has 4 heterocycles. The third-order valence-corrected chi connectivity index (χ3v) is 8.60. The van der Waals surface area contributed by atoms with Crippen molar-refractivity contribution in [2.24, 2.45) is 23.2 Å². The summed E-state index contributed by atoms with van der Waals surface area (Å²) < 4.78 is 21.2. The van der Waals surface area contributed by atoms with Crippen LogP contribution in [0.4, 0.5) is 10.2 Å². The number of carboxylic acids is 1. The minimum atomic E-state index is -0.736. The van der Waals surface area contributed by atoms with Crippen molar-refractivity contribution in [2.45, 2.75) is 38.3 Å². The van der Waals surface area contributed by atoms with Crippen molar-refractivity contribution in [3.63, 3.8) is 0 Å². The van der Waals surface area contributed by atoms with E-state index >= 15 is 0 Å². The molecule has 0 radical (unpaired) electrons. The van der Waals surface area contributed by atoms with Crippen LogP contribution in [0.1, 0.15) is 31.4 Å². The Kier molecular flexibility index (Phi) is 4.30. The molecule has 180 valence electrons. The van der Waals surface area contributed by atoms with Crippen LogP contribution in [-0.4, -0.2) is 48.8 Å². The summed E-state index contributed by atoms with van der Waals surface area (Å²) in [6, 6.07) is 5.07. The van der Waals surface area contributed by atoms with E-state index in [9.17, 15) is 14.3 Å². The van der Waals surface area contributed by atoms with Gasteiger partial charge in [0.15, 0.2) is 11.6 Å². The van der Waals surface area contributed by atoms with Crippen LogP contribution in [0, 0.1) is 29.0 Å². The number of methoxy groups -OCH3 is 1. The second-order valence-corrected chi connectivity index (χ2v) is 10.3. The Morgan fingerprint density at radius 2 is 2.26 bits per heavy atom. The number of halogens is 1. The van der Waals surface area contributed by atoms with E-state index in [0.29, 0.717) is 40.8 Å². The number of H-pyrrole nitrogens is 1. The van der Waals surface area contributed by atoms with Crippen molar-refractivity contribution < 1.29 is 19.0 Å². The van der Waals surface area contributed by atoms with Gasteiger partial charge in [0, 0.05) is 30.3 Å². The van der Waals surface area contributed by atoms with Crippen LogP contribution < -0.4 is 5.32 Å². The number of nitrogens with zero attached hydrogens (tertiary/aromatic N) is 4. The molecule has 6 aliphatic carbocycles. The summed E-state index contributed by atoms with van der Waals surface area (Å²) >= 11 is 0. The zero-order chi connectivity index (χ0) is 23.9. The number of pyridine rings is 1. The first-order valence-corrected chi connectivity index (χ1v) is 12.0. The standard InChI is InChI=1S/C25H25FN6O3/c1-35-11-14-2-3-18-23(29-20-19(24(33)34)15-4-5-25(20)7-12(15)8-25)30-22(31-32(14)18)17-10-28-21-16(17)6-13(26)9-27-21/h2-3,6,9-10,12,15,19-20H,4-5,7-8,11H2,1H3,(H,27,28)(H,33,34)(H,29,30,31)/t12?,15-,19-,20+,25?/m0/s1. The second-order valence-electron chi connectivity index (χ2n) is 10.3. The third-order valence-electron chi connectivity index (χ3n) is 8.60. The van der Waals surface area contributed by atoms with Gasteiger partial charge in [-0.3, -0.25) is 4.79 Å². The zero-order valence-corrected chi connectivity index (χ0v) is 19.2. The number of aromatic amines is 1. The molecule has 3 atom stereocenters. The van der Waals surface area contributed by atoms with E-state index in [2.05, 4.69) is 15.3 Å². The molecule has 10 rings (SSSR count). The van der Waals surface area contributed by atoms with Gasteiger partial charge in [-0.25, -0.2) is 18.9 Å². The zero-order valence-electron chi connectivity index (χ0n) is 19.2. The van der Waals surface area contributed by atoms with E-state index in [1.54, 1.807) is 17.8 Å². The number of rotatable bonds is 6. The Bertz CT molecular complexity index is 1480. The molecular formula is C25H25FN6O3. The number of aliphatic carboxylic acids is 1. The topological polar surface area (TPSA) is 117 Å². The fraction of sp³-hybridized carbons (Fsp3) is 0.440. The van der Waals surface area contributed by atoms with Crippen LogP contribution in [-0.2, 0) is 16.1 Å². The number of aromatic nitrogens is 5. The molecule has 6 aliphatic rings. The van der Waals surface area contributed by atoms with Crippen LogP contribution in [0.25, 0.3) is 27.9 Å². The van der Waals surface area contributed by atoms with Crippen molar-refractivity contribution in [1.82, 2.24) is 24.6 Å². The van der Waals surface area contributed by atoms with Crippen LogP contribution in [0.3, 0.4) is 0 Å². The van der Waals surface area contributed by atoms with Crippen LogP contribution in [0.2, 0.25) is 0 Å². The lowest BCUT2D eigenvalue weighted by atomic mass is 9.38. The van der Waals surface area contributed by atoms with Crippen molar-refractivity contribution in [1.29, 1.82) is 0 Å². The fourth-order valence-electron chi connectivity index (χ4n) is 7.10. The average molecular weight is 477 g/mol. The highest BCUT2D eigenvalue weighted by Crippen LogP contribution is 2.68. The normalized spacial score (nSPS) is 29.0. The molecule has 9 nitrogen and oxygen atoms in total. The number of anilines is 1. The van der Waals surface area contributed by atoms with E-state index in [-0.39, 0.29) is 17.4 Å². The minimum absolute atomic E-state index is 0.000356. The molecule has 0 aliphatic heterocycles. The highest BCUT2D eigenvalue weighted by molar-refractivity contribution is 5.92. The smallest absolute Gasteiger partial charge is 0.308 e. The van der Waals surface area contributed by atoms with E-state index in [1.807, 2.05) is 12.1 Å². The quantitative estimate of drug-likeness (QED) is 0.387. The van der Waals surface area contributed by atoms with E-state index in [4.69, 9.17) is 14.8 Å². The first-order chi connectivity index (χ1) is 17.0. The third kappa shape index (κ3) is 2.89. The Balaban J connectivity index is 1.38. The average Bonchev–Trinajstić information content (AvgIpc) is 3.43. The molecule has 0 aromatic carbocycles. The molecule has 1 spiro atoms. The summed E-state index contributed by atoms with van der Waals surface area (Å²) in [6.07, 6.45) is 7.08. The molecule has 3 N–H and O–H groups in total. The Labute approximate surface area is 199 Å². The van der Waals surface area contributed by atoms with Gasteiger partial charge in [-0.1, -0.05) is 0 Å². The van der Waals surface area contributed by atoms with Gasteiger partial charge < -0.3 is 20.1 Å². The molecule has 0 saturated heterocycles.